The van der Waals surface area contributed by atoms with Crippen molar-refractivity contribution >= 4 is 5.97 Å². The summed E-state index contributed by atoms with van der Waals surface area (Å²) in [6.45, 7) is 4.94. The fourth-order valence-corrected chi connectivity index (χ4v) is 6.01. The first-order valence-corrected chi connectivity index (χ1v) is 7.51. The normalized spacial score (nSPS) is 55.0. The molecule has 4 rings (SSSR count). The number of ether oxygens (including phenoxy) is 1. The van der Waals surface area contributed by atoms with E-state index in [9.17, 15) is 4.79 Å². The minimum atomic E-state index is 0.0822. The van der Waals surface area contributed by atoms with Crippen molar-refractivity contribution in [3.8, 4) is 0 Å². The fourth-order valence-electron chi connectivity index (χ4n) is 6.01. The van der Waals surface area contributed by atoms with Gasteiger partial charge in [-0.2, -0.15) is 0 Å². The molecule has 0 aliphatic heterocycles. The molecule has 4 aliphatic carbocycles. The van der Waals surface area contributed by atoms with Gasteiger partial charge in [-0.1, -0.05) is 19.1 Å². The van der Waals surface area contributed by atoms with Crippen LogP contribution in [0.2, 0.25) is 0 Å². The highest BCUT2D eigenvalue weighted by molar-refractivity contribution is 5.73. The molecule has 0 saturated heterocycles. The second-order valence-electron chi connectivity index (χ2n) is 6.97. The van der Waals surface area contributed by atoms with Crippen molar-refractivity contribution in [1.29, 1.82) is 0 Å². The van der Waals surface area contributed by atoms with Crippen LogP contribution in [0.1, 0.15) is 33.1 Å². The summed E-state index contributed by atoms with van der Waals surface area (Å²) in [5, 5.41) is 0. The number of fused-ring (bicyclic) bond motifs is 9. The van der Waals surface area contributed by atoms with E-state index in [2.05, 4.69) is 19.1 Å². The minimum Gasteiger partial charge on any atom is -0.466 e. The Kier molecular flexibility index (Phi) is 2.09. The Morgan fingerprint density at radius 2 is 2.17 bits per heavy atom. The Hall–Kier alpha value is -0.790. The van der Waals surface area contributed by atoms with Gasteiger partial charge >= 0.3 is 5.97 Å². The Morgan fingerprint density at radius 3 is 2.94 bits per heavy atom. The van der Waals surface area contributed by atoms with Gasteiger partial charge in [-0.3, -0.25) is 4.79 Å². The van der Waals surface area contributed by atoms with Crippen molar-refractivity contribution in [2.75, 3.05) is 6.61 Å². The first-order valence-electron chi connectivity index (χ1n) is 7.51. The second-order valence-corrected chi connectivity index (χ2v) is 6.97. The molecule has 4 aliphatic rings. The molecule has 3 fully saturated rings. The number of carbonyl (C=O) groups excluding carboxylic acids is 1. The third kappa shape index (κ3) is 1.08. The van der Waals surface area contributed by atoms with Crippen LogP contribution in [0.25, 0.3) is 0 Å². The molecule has 0 N–H and O–H groups in total. The summed E-state index contributed by atoms with van der Waals surface area (Å²) >= 11 is 0. The molecule has 0 amide bonds. The first kappa shape index (κ1) is 11.1. The average molecular weight is 246 g/mol. The van der Waals surface area contributed by atoms with Crippen LogP contribution in [0.5, 0.6) is 0 Å². The molecule has 18 heavy (non-hydrogen) atoms. The molecule has 0 aromatic rings. The van der Waals surface area contributed by atoms with Crippen LogP contribution in [0.4, 0.5) is 0 Å². The number of allylic oxidation sites excluding steroid dienone is 2. The maximum Gasteiger partial charge on any atom is 0.309 e. The standard InChI is InChI=1S/C16H22O2/c1-3-18-15(17)13-8-11-7-12(13)14-9-4-5-10(6-9)16(11,14)2/h4-5,9-14H,3,6-8H2,1-2H3. The lowest BCUT2D eigenvalue weighted by molar-refractivity contribution is -0.152. The zero-order valence-electron chi connectivity index (χ0n) is 11.3. The molecule has 7 atom stereocenters. The Bertz CT molecular complexity index is 427. The molecular weight excluding hydrogens is 224 g/mol. The SMILES string of the molecule is CCOC(=O)C1CC2CC1C1C3C=CC(C3)C21C. The van der Waals surface area contributed by atoms with Crippen LogP contribution < -0.4 is 0 Å². The summed E-state index contributed by atoms with van der Waals surface area (Å²) in [5.74, 6) is 3.99. The molecule has 0 aromatic heterocycles. The van der Waals surface area contributed by atoms with Crippen molar-refractivity contribution in [2.45, 2.75) is 33.1 Å². The summed E-state index contributed by atoms with van der Waals surface area (Å²) in [7, 11) is 0. The molecule has 4 bridgehead atoms. The van der Waals surface area contributed by atoms with Crippen LogP contribution in [0.3, 0.4) is 0 Å². The number of rotatable bonds is 2. The Morgan fingerprint density at radius 1 is 1.33 bits per heavy atom. The van der Waals surface area contributed by atoms with Crippen LogP contribution in [0, 0.1) is 40.9 Å². The van der Waals surface area contributed by atoms with E-state index in [4.69, 9.17) is 4.74 Å². The van der Waals surface area contributed by atoms with Crippen LogP contribution >= 0.6 is 0 Å². The van der Waals surface area contributed by atoms with E-state index >= 15 is 0 Å². The number of carbonyl (C=O) groups is 1. The predicted octanol–water partition coefficient (Wildman–Crippen LogP) is 3.03. The topological polar surface area (TPSA) is 26.3 Å². The molecule has 7 unspecified atom stereocenters. The van der Waals surface area contributed by atoms with E-state index in [1.54, 1.807) is 0 Å². The summed E-state index contributed by atoms with van der Waals surface area (Å²) in [6, 6.07) is 0. The van der Waals surface area contributed by atoms with Gasteiger partial charge in [-0.15, -0.1) is 0 Å². The van der Waals surface area contributed by atoms with Gasteiger partial charge in [0.05, 0.1) is 12.5 Å². The highest BCUT2D eigenvalue weighted by Crippen LogP contribution is 2.73. The van der Waals surface area contributed by atoms with E-state index in [1.165, 1.54) is 12.8 Å². The molecule has 2 nitrogen and oxygen atoms in total. The smallest absolute Gasteiger partial charge is 0.309 e. The van der Waals surface area contributed by atoms with Gasteiger partial charge < -0.3 is 4.74 Å². The number of hydrogen-bond donors (Lipinski definition) is 0. The molecule has 0 aromatic carbocycles. The van der Waals surface area contributed by atoms with Gasteiger partial charge in [0.25, 0.3) is 0 Å². The summed E-state index contributed by atoms with van der Waals surface area (Å²) in [5.41, 5.74) is 0.507. The second kappa shape index (κ2) is 3.40. The van der Waals surface area contributed by atoms with Crippen molar-refractivity contribution in [3.63, 3.8) is 0 Å². The van der Waals surface area contributed by atoms with Gasteiger partial charge in [-0.05, 0) is 61.2 Å². The quantitative estimate of drug-likeness (QED) is 0.425. The van der Waals surface area contributed by atoms with Gasteiger partial charge in [0.2, 0.25) is 0 Å². The van der Waals surface area contributed by atoms with E-state index in [0.29, 0.717) is 17.9 Å². The highest BCUT2D eigenvalue weighted by Gasteiger charge is 2.68. The lowest BCUT2D eigenvalue weighted by Gasteiger charge is -2.44. The van der Waals surface area contributed by atoms with Crippen molar-refractivity contribution in [2.24, 2.45) is 40.9 Å². The van der Waals surface area contributed by atoms with Gasteiger partial charge in [0.1, 0.15) is 0 Å². The third-order valence-electron chi connectivity index (χ3n) is 6.64. The number of hydrogen-bond acceptors (Lipinski definition) is 2. The molecular formula is C16H22O2. The Balaban J connectivity index is 1.64. The highest BCUT2D eigenvalue weighted by atomic mass is 16.5. The van der Waals surface area contributed by atoms with E-state index in [0.717, 1.165) is 30.1 Å². The predicted molar refractivity (Wildman–Crippen MR) is 68.7 cm³/mol. The molecule has 3 saturated carbocycles. The molecule has 2 heteroatoms. The monoisotopic (exact) mass is 246 g/mol. The lowest BCUT2D eigenvalue weighted by atomic mass is 9.60. The maximum atomic E-state index is 12.1. The zero-order chi connectivity index (χ0) is 12.5. The lowest BCUT2D eigenvalue weighted by Crippen LogP contribution is -2.42. The van der Waals surface area contributed by atoms with E-state index in [1.807, 2.05) is 6.92 Å². The third-order valence-corrected chi connectivity index (χ3v) is 6.64. The van der Waals surface area contributed by atoms with Gasteiger partial charge in [0.15, 0.2) is 0 Å². The van der Waals surface area contributed by atoms with E-state index in [-0.39, 0.29) is 11.9 Å². The first-order chi connectivity index (χ1) is 8.66. The molecule has 0 heterocycles. The fraction of sp³-hybridized carbons (Fsp3) is 0.812. The molecule has 0 spiro atoms. The Labute approximate surface area is 109 Å². The van der Waals surface area contributed by atoms with Crippen LogP contribution in [-0.2, 0) is 9.53 Å². The van der Waals surface area contributed by atoms with Crippen LogP contribution in [0.15, 0.2) is 12.2 Å². The maximum absolute atomic E-state index is 12.1. The average Bonchev–Trinajstić information content (AvgIpc) is 3.05. The minimum absolute atomic E-state index is 0.0822. The van der Waals surface area contributed by atoms with Crippen molar-refractivity contribution in [1.82, 2.24) is 0 Å². The number of esters is 1. The van der Waals surface area contributed by atoms with Gasteiger partial charge in [-0.25, -0.2) is 0 Å². The van der Waals surface area contributed by atoms with Crippen LogP contribution in [-0.4, -0.2) is 12.6 Å². The van der Waals surface area contributed by atoms with Gasteiger partial charge in [0, 0.05) is 0 Å². The largest absolute Gasteiger partial charge is 0.466 e. The summed E-state index contributed by atoms with van der Waals surface area (Å²) < 4.78 is 5.28. The molecule has 0 radical (unpaired) electrons. The van der Waals surface area contributed by atoms with E-state index < -0.39 is 0 Å². The summed E-state index contributed by atoms with van der Waals surface area (Å²) in [6.07, 6.45) is 8.61. The zero-order valence-corrected chi connectivity index (χ0v) is 11.3. The molecule has 98 valence electrons. The van der Waals surface area contributed by atoms with Crippen molar-refractivity contribution in [3.05, 3.63) is 12.2 Å². The summed E-state index contributed by atoms with van der Waals surface area (Å²) in [4.78, 5) is 12.1. The van der Waals surface area contributed by atoms with Crippen molar-refractivity contribution < 1.29 is 9.53 Å².